The zero-order valence-corrected chi connectivity index (χ0v) is 19.7. The fourth-order valence-corrected chi connectivity index (χ4v) is 4.88. The average Bonchev–Trinajstić information content (AvgIpc) is 3.39. The molecule has 35 heavy (non-hydrogen) atoms. The van der Waals surface area contributed by atoms with Gasteiger partial charge in [-0.3, -0.25) is 9.59 Å². The molecule has 0 radical (unpaired) electrons. The lowest BCUT2D eigenvalue weighted by molar-refractivity contribution is -0.137. The van der Waals surface area contributed by atoms with Crippen molar-refractivity contribution in [1.29, 1.82) is 0 Å². The summed E-state index contributed by atoms with van der Waals surface area (Å²) in [7, 11) is 0. The molecule has 0 bridgehead atoms. The zero-order chi connectivity index (χ0) is 24.8. The Labute approximate surface area is 208 Å². The molecule has 1 aromatic heterocycles. The molecule has 4 aromatic rings. The van der Waals surface area contributed by atoms with Gasteiger partial charge in [0.05, 0.1) is 10.4 Å². The lowest BCUT2D eigenvalue weighted by atomic mass is 10.1. The standard InChI is InChI=1S/C26H19F3N2O2S2/c27-26(28,29)18-8-4-9-20(16-18)31-25(33)23(17-6-2-1-3-7-17)35-21-13-11-19(12-14-21)30-24(32)22-10-5-15-34-22/h1-16,23H,(H,30,32)(H,31,33). The molecule has 0 aliphatic rings. The minimum absolute atomic E-state index is 0.0676. The average molecular weight is 513 g/mol. The molecule has 0 saturated carbocycles. The summed E-state index contributed by atoms with van der Waals surface area (Å²) in [5.41, 5.74) is 0.548. The quantitative estimate of drug-likeness (QED) is 0.252. The Morgan fingerprint density at radius 1 is 0.800 bits per heavy atom. The number of carbonyl (C=O) groups is 2. The number of benzene rings is 3. The Morgan fingerprint density at radius 2 is 1.54 bits per heavy atom. The van der Waals surface area contributed by atoms with E-state index in [2.05, 4.69) is 10.6 Å². The number of alkyl halides is 3. The second-order valence-electron chi connectivity index (χ2n) is 7.43. The zero-order valence-electron chi connectivity index (χ0n) is 18.1. The third-order valence-corrected chi connectivity index (χ3v) is 7.04. The summed E-state index contributed by atoms with van der Waals surface area (Å²) in [6.07, 6.45) is -4.50. The Morgan fingerprint density at radius 3 is 2.20 bits per heavy atom. The van der Waals surface area contributed by atoms with Crippen LogP contribution in [0.1, 0.15) is 26.0 Å². The highest BCUT2D eigenvalue weighted by atomic mass is 32.2. The van der Waals surface area contributed by atoms with Crippen LogP contribution >= 0.6 is 23.1 Å². The van der Waals surface area contributed by atoms with Crippen LogP contribution in [-0.2, 0) is 11.0 Å². The summed E-state index contributed by atoms with van der Waals surface area (Å²) in [6.45, 7) is 0. The van der Waals surface area contributed by atoms with Crippen LogP contribution in [0.5, 0.6) is 0 Å². The van der Waals surface area contributed by atoms with Gasteiger partial charge in [0.2, 0.25) is 5.91 Å². The fraction of sp³-hybridized carbons (Fsp3) is 0.0769. The maximum Gasteiger partial charge on any atom is 0.416 e. The SMILES string of the molecule is O=C(Nc1ccc(SC(C(=O)Nc2cccc(C(F)(F)F)c2)c2ccccc2)cc1)c1cccs1. The Kier molecular flexibility index (Phi) is 7.57. The van der Waals surface area contributed by atoms with E-state index in [-0.39, 0.29) is 11.6 Å². The number of amides is 2. The number of anilines is 2. The van der Waals surface area contributed by atoms with E-state index in [1.165, 1.54) is 35.2 Å². The highest BCUT2D eigenvalue weighted by molar-refractivity contribution is 8.00. The molecule has 0 aliphatic carbocycles. The van der Waals surface area contributed by atoms with Crippen LogP contribution in [0.4, 0.5) is 24.5 Å². The van der Waals surface area contributed by atoms with Gasteiger partial charge in [0.25, 0.3) is 5.91 Å². The summed E-state index contributed by atoms with van der Waals surface area (Å²) in [4.78, 5) is 26.7. The van der Waals surface area contributed by atoms with Crippen LogP contribution in [0.3, 0.4) is 0 Å². The minimum atomic E-state index is -4.50. The monoisotopic (exact) mass is 512 g/mol. The van der Waals surface area contributed by atoms with Crippen molar-refractivity contribution in [3.05, 3.63) is 112 Å². The number of thiophene rings is 1. The molecule has 0 aliphatic heterocycles. The third kappa shape index (κ3) is 6.52. The van der Waals surface area contributed by atoms with E-state index in [4.69, 9.17) is 0 Å². The first-order valence-electron chi connectivity index (χ1n) is 10.4. The first kappa shape index (κ1) is 24.6. The van der Waals surface area contributed by atoms with Crippen LogP contribution in [-0.4, -0.2) is 11.8 Å². The molecule has 2 N–H and O–H groups in total. The van der Waals surface area contributed by atoms with Gasteiger partial charge in [0.15, 0.2) is 0 Å². The van der Waals surface area contributed by atoms with Crippen LogP contribution in [0.25, 0.3) is 0 Å². The van der Waals surface area contributed by atoms with Gasteiger partial charge in [-0.2, -0.15) is 13.2 Å². The van der Waals surface area contributed by atoms with Crippen LogP contribution in [0.15, 0.2) is 101 Å². The number of hydrogen-bond acceptors (Lipinski definition) is 4. The first-order chi connectivity index (χ1) is 16.8. The van der Waals surface area contributed by atoms with E-state index < -0.39 is 22.9 Å². The van der Waals surface area contributed by atoms with Crippen molar-refractivity contribution in [2.75, 3.05) is 10.6 Å². The Balaban J connectivity index is 1.51. The van der Waals surface area contributed by atoms with Gasteiger partial charge < -0.3 is 10.6 Å². The van der Waals surface area contributed by atoms with Crippen molar-refractivity contribution in [3.8, 4) is 0 Å². The van der Waals surface area contributed by atoms with E-state index in [1.807, 2.05) is 11.4 Å². The maximum atomic E-state index is 13.2. The lowest BCUT2D eigenvalue weighted by Gasteiger charge is -2.18. The molecular formula is C26H19F3N2O2S2. The van der Waals surface area contributed by atoms with Gasteiger partial charge in [0.1, 0.15) is 5.25 Å². The van der Waals surface area contributed by atoms with Gasteiger partial charge >= 0.3 is 6.18 Å². The molecule has 0 spiro atoms. The summed E-state index contributed by atoms with van der Waals surface area (Å²) in [5, 5.41) is 6.54. The molecule has 178 valence electrons. The molecule has 4 rings (SSSR count). The fourth-order valence-electron chi connectivity index (χ4n) is 3.24. The van der Waals surface area contributed by atoms with E-state index in [0.717, 1.165) is 17.0 Å². The normalized spacial score (nSPS) is 12.1. The van der Waals surface area contributed by atoms with Crippen LogP contribution in [0, 0.1) is 0 Å². The molecule has 1 unspecified atom stereocenters. The van der Waals surface area contributed by atoms with Crippen molar-refractivity contribution in [2.24, 2.45) is 0 Å². The summed E-state index contributed by atoms with van der Waals surface area (Å²) < 4.78 is 39.2. The second kappa shape index (κ2) is 10.8. The van der Waals surface area contributed by atoms with Crippen molar-refractivity contribution in [2.45, 2.75) is 16.3 Å². The second-order valence-corrected chi connectivity index (χ2v) is 9.56. The topological polar surface area (TPSA) is 58.2 Å². The van der Waals surface area contributed by atoms with E-state index in [0.29, 0.717) is 16.1 Å². The van der Waals surface area contributed by atoms with Crippen molar-refractivity contribution in [3.63, 3.8) is 0 Å². The molecule has 2 amide bonds. The highest BCUT2D eigenvalue weighted by Gasteiger charge is 2.31. The van der Waals surface area contributed by atoms with Crippen molar-refractivity contribution >= 4 is 46.3 Å². The number of carbonyl (C=O) groups excluding carboxylic acids is 2. The molecule has 4 nitrogen and oxygen atoms in total. The molecule has 1 heterocycles. The third-order valence-electron chi connectivity index (χ3n) is 4.91. The predicted octanol–water partition coefficient (Wildman–Crippen LogP) is 7.49. The lowest BCUT2D eigenvalue weighted by Crippen LogP contribution is -2.19. The van der Waals surface area contributed by atoms with Crippen molar-refractivity contribution in [1.82, 2.24) is 0 Å². The molecule has 0 saturated heterocycles. The van der Waals surface area contributed by atoms with Gasteiger partial charge in [-0.15, -0.1) is 23.1 Å². The smallest absolute Gasteiger partial charge is 0.325 e. The number of nitrogens with one attached hydrogen (secondary N) is 2. The van der Waals surface area contributed by atoms with E-state index in [9.17, 15) is 22.8 Å². The van der Waals surface area contributed by atoms with E-state index in [1.54, 1.807) is 60.7 Å². The van der Waals surface area contributed by atoms with Gasteiger partial charge in [-0.05, 0) is 59.5 Å². The van der Waals surface area contributed by atoms with Crippen molar-refractivity contribution < 1.29 is 22.8 Å². The van der Waals surface area contributed by atoms with Crippen LogP contribution in [0.2, 0.25) is 0 Å². The molecular weight excluding hydrogens is 493 g/mol. The first-order valence-corrected chi connectivity index (χ1v) is 12.2. The van der Waals surface area contributed by atoms with Gasteiger partial charge in [0, 0.05) is 16.3 Å². The van der Waals surface area contributed by atoms with Crippen LogP contribution < -0.4 is 10.6 Å². The molecule has 3 aromatic carbocycles. The summed E-state index contributed by atoms with van der Waals surface area (Å²) in [5.74, 6) is -0.654. The number of hydrogen-bond donors (Lipinski definition) is 2. The predicted molar refractivity (Wildman–Crippen MR) is 134 cm³/mol. The minimum Gasteiger partial charge on any atom is -0.325 e. The highest BCUT2D eigenvalue weighted by Crippen LogP contribution is 2.37. The Bertz CT molecular complexity index is 1290. The number of thioether (sulfide) groups is 1. The summed E-state index contributed by atoms with van der Waals surface area (Å²) >= 11 is 2.60. The van der Waals surface area contributed by atoms with Gasteiger partial charge in [-0.1, -0.05) is 42.5 Å². The van der Waals surface area contributed by atoms with E-state index >= 15 is 0 Å². The summed E-state index contributed by atoms with van der Waals surface area (Å²) in [6, 6.07) is 24.1. The molecule has 9 heteroatoms. The maximum absolute atomic E-state index is 13.2. The molecule has 0 fully saturated rings. The largest absolute Gasteiger partial charge is 0.416 e. The van der Waals surface area contributed by atoms with Gasteiger partial charge in [-0.25, -0.2) is 0 Å². The number of halogens is 3. The Hall–Kier alpha value is -3.56. The number of rotatable bonds is 7. The molecule has 1 atom stereocenters.